The van der Waals surface area contributed by atoms with Gasteiger partial charge in [-0.1, -0.05) is 12.1 Å². The molecule has 13 heteroatoms. The summed E-state index contributed by atoms with van der Waals surface area (Å²) < 4.78 is 66.8. The zero-order valence-corrected chi connectivity index (χ0v) is 22.3. The van der Waals surface area contributed by atoms with E-state index in [1.165, 1.54) is 31.4 Å². The Balaban J connectivity index is 1.38. The molecule has 2 aliphatic rings. The monoisotopic (exact) mass is 575 g/mol. The van der Waals surface area contributed by atoms with E-state index in [9.17, 15) is 27.5 Å². The molecule has 1 saturated heterocycles. The number of fused-ring (bicyclic) bond motifs is 1. The van der Waals surface area contributed by atoms with Crippen LogP contribution in [0.25, 0.3) is 0 Å². The van der Waals surface area contributed by atoms with E-state index in [4.69, 9.17) is 9.47 Å². The summed E-state index contributed by atoms with van der Waals surface area (Å²) in [6, 6.07) is 8.67. The quantitative estimate of drug-likeness (QED) is 0.345. The van der Waals surface area contributed by atoms with Gasteiger partial charge in [-0.3, -0.25) is 4.79 Å². The van der Waals surface area contributed by atoms with Gasteiger partial charge in [0.25, 0.3) is 5.91 Å². The number of halogens is 4. The summed E-state index contributed by atoms with van der Waals surface area (Å²) in [5, 5.41) is 15.9. The number of rotatable bonds is 7. The minimum atomic E-state index is -4.80. The standard InChI is InChI=1S/C28H29F4N5O4/c1-37-11-10-19(18(29)14-37)34-25(39)16-6-8-20(23(12-16)40-2)35-27-33-13-17(28(30,31)32)26(36-27)41-22-5-3-4-15-7-9-21(38)24(15)22/h3-6,8,12-13,18-19,21,38H,7,9-11,14H2,1-2H3,(H,34,39)(H,33,35,36)/t18-,19+,21?/m1/s1. The van der Waals surface area contributed by atoms with Crippen LogP contribution in [0.1, 0.15) is 46.0 Å². The lowest BCUT2D eigenvalue weighted by Gasteiger charge is -2.32. The Morgan fingerprint density at radius 1 is 1.17 bits per heavy atom. The number of benzene rings is 2. The molecule has 1 aromatic heterocycles. The highest BCUT2D eigenvalue weighted by atomic mass is 19.4. The van der Waals surface area contributed by atoms with E-state index in [-0.39, 0.29) is 35.2 Å². The molecule has 3 atom stereocenters. The number of nitrogens with zero attached hydrogens (tertiary/aromatic N) is 3. The fourth-order valence-electron chi connectivity index (χ4n) is 5.04. The van der Waals surface area contributed by atoms with Gasteiger partial charge in [-0.2, -0.15) is 18.2 Å². The summed E-state index contributed by atoms with van der Waals surface area (Å²) in [5.74, 6) is -1.17. The van der Waals surface area contributed by atoms with Crippen molar-refractivity contribution in [3.8, 4) is 17.4 Å². The molecule has 2 heterocycles. The highest BCUT2D eigenvalue weighted by Gasteiger charge is 2.37. The lowest BCUT2D eigenvalue weighted by Crippen LogP contribution is -2.51. The maximum Gasteiger partial charge on any atom is 0.423 e. The van der Waals surface area contributed by atoms with Crippen LogP contribution in [-0.4, -0.2) is 65.3 Å². The Morgan fingerprint density at radius 3 is 2.71 bits per heavy atom. The van der Waals surface area contributed by atoms with E-state index < -0.39 is 41.8 Å². The number of ether oxygens (including phenoxy) is 2. The number of aliphatic hydroxyl groups excluding tert-OH is 1. The molecule has 1 aliphatic carbocycles. The number of amides is 1. The van der Waals surface area contributed by atoms with E-state index in [2.05, 4.69) is 20.6 Å². The Kier molecular flexibility index (Phi) is 8.00. The molecule has 218 valence electrons. The Morgan fingerprint density at radius 2 is 1.98 bits per heavy atom. The van der Waals surface area contributed by atoms with Crippen molar-refractivity contribution in [2.24, 2.45) is 0 Å². The van der Waals surface area contributed by atoms with Crippen molar-refractivity contribution < 1.29 is 36.9 Å². The Hall–Kier alpha value is -3.97. The van der Waals surface area contributed by atoms with Crippen LogP contribution in [0.4, 0.5) is 29.2 Å². The SMILES string of the molecule is COc1cc(C(=O)N[C@H]2CCN(C)C[C@H]2F)ccc1Nc1ncc(C(F)(F)F)c(Oc2cccc3c2C(O)CC3)n1. The second kappa shape index (κ2) is 11.5. The number of aromatic nitrogens is 2. The van der Waals surface area contributed by atoms with E-state index >= 15 is 0 Å². The van der Waals surface area contributed by atoms with Crippen LogP contribution in [0.15, 0.2) is 42.6 Å². The van der Waals surface area contributed by atoms with Crippen LogP contribution >= 0.6 is 0 Å². The molecule has 0 spiro atoms. The molecule has 1 amide bonds. The third-order valence-corrected chi connectivity index (χ3v) is 7.21. The molecule has 1 unspecified atom stereocenters. The fraction of sp³-hybridized carbons (Fsp3) is 0.393. The van der Waals surface area contributed by atoms with E-state index in [0.29, 0.717) is 37.6 Å². The minimum Gasteiger partial charge on any atom is -0.495 e. The average molecular weight is 576 g/mol. The maximum absolute atomic E-state index is 14.4. The number of alkyl halides is 4. The van der Waals surface area contributed by atoms with Crippen molar-refractivity contribution in [3.63, 3.8) is 0 Å². The number of hydrogen-bond acceptors (Lipinski definition) is 8. The largest absolute Gasteiger partial charge is 0.495 e. The van der Waals surface area contributed by atoms with Crippen LogP contribution in [0.3, 0.4) is 0 Å². The topological polar surface area (TPSA) is 109 Å². The number of carbonyl (C=O) groups is 1. The van der Waals surface area contributed by atoms with Gasteiger partial charge in [0.1, 0.15) is 23.2 Å². The zero-order chi connectivity index (χ0) is 29.3. The van der Waals surface area contributed by atoms with Crippen molar-refractivity contribution in [3.05, 3.63) is 64.8 Å². The van der Waals surface area contributed by atoms with E-state index in [0.717, 1.165) is 5.56 Å². The lowest BCUT2D eigenvalue weighted by molar-refractivity contribution is -0.139. The first-order valence-corrected chi connectivity index (χ1v) is 13.0. The average Bonchev–Trinajstić information content (AvgIpc) is 3.31. The fourth-order valence-corrected chi connectivity index (χ4v) is 5.04. The first-order chi connectivity index (χ1) is 19.5. The van der Waals surface area contributed by atoms with Gasteiger partial charge < -0.3 is 30.1 Å². The van der Waals surface area contributed by atoms with Crippen LogP contribution in [0.5, 0.6) is 17.4 Å². The first kappa shape index (κ1) is 28.6. The van der Waals surface area contributed by atoms with Crippen molar-refractivity contribution in [1.82, 2.24) is 20.2 Å². The number of nitrogens with one attached hydrogen (secondary N) is 2. The molecule has 2 aromatic carbocycles. The number of carbonyl (C=O) groups excluding carboxylic acids is 1. The predicted octanol–water partition coefficient (Wildman–Crippen LogP) is 4.79. The third kappa shape index (κ3) is 6.20. The van der Waals surface area contributed by atoms with Crippen molar-refractivity contribution >= 4 is 17.5 Å². The number of piperidine rings is 1. The van der Waals surface area contributed by atoms with Crippen molar-refractivity contribution in [1.29, 1.82) is 0 Å². The summed E-state index contributed by atoms with van der Waals surface area (Å²) in [5.41, 5.74) is 0.527. The lowest BCUT2D eigenvalue weighted by atomic mass is 10.0. The van der Waals surface area contributed by atoms with E-state index in [1.54, 1.807) is 12.1 Å². The van der Waals surface area contributed by atoms with Gasteiger partial charge in [-0.15, -0.1) is 0 Å². The summed E-state index contributed by atoms with van der Waals surface area (Å²) in [4.78, 5) is 22.4. The predicted molar refractivity (Wildman–Crippen MR) is 141 cm³/mol. The number of methoxy groups -OCH3 is 1. The van der Waals surface area contributed by atoms with Crippen molar-refractivity contribution in [2.75, 3.05) is 32.6 Å². The summed E-state index contributed by atoms with van der Waals surface area (Å²) >= 11 is 0. The molecule has 0 bridgehead atoms. The molecule has 5 rings (SSSR count). The molecule has 41 heavy (non-hydrogen) atoms. The molecular formula is C28H29F4N5O4. The van der Waals surface area contributed by atoms with Gasteiger partial charge in [-0.05, 0) is 56.1 Å². The second-order valence-corrected chi connectivity index (χ2v) is 10.1. The van der Waals surface area contributed by atoms with Gasteiger partial charge in [-0.25, -0.2) is 9.37 Å². The van der Waals surface area contributed by atoms with Gasteiger partial charge in [0.05, 0.1) is 24.9 Å². The number of aliphatic hydroxyl groups is 1. The normalized spacial score (nSPS) is 20.8. The minimum absolute atomic E-state index is 0.0794. The molecule has 3 N–H and O–H groups in total. The maximum atomic E-state index is 14.4. The van der Waals surface area contributed by atoms with Crippen LogP contribution < -0.4 is 20.1 Å². The second-order valence-electron chi connectivity index (χ2n) is 10.1. The number of anilines is 2. The Labute approximate surface area is 233 Å². The molecule has 0 saturated carbocycles. The van der Waals surface area contributed by atoms with Crippen LogP contribution in [0, 0.1) is 0 Å². The Bertz CT molecular complexity index is 1440. The number of aryl methyl sites for hydroxylation is 1. The summed E-state index contributed by atoms with van der Waals surface area (Å²) in [6.07, 6.45) is -4.76. The zero-order valence-electron chi connectivity index (χ0n) is 22.3. The van der Waals surface area contributed by atoms with Crippen LogP contribution in [0.2, 0.25) is 0 Å². The number of likely N-dealkylation sites (tertiary alicyclic amines) is 1. The molecule has 0 radical (unpaired) electrons. The third-order valence-electron chi connectivity index (χ3n) is 7.21. The van der Waals surface area contributed by atoms with Gasteiger partial charge in [0.15, 0.2) is 0 Å². The molecule has 1 fully saturated rings. The van der Waals surface area contributed by atoms with Gasteiger partial charge in [0.2, 0.25) is 11.8 Å². The molecule has 3 aromatic rings. The molecular weight excluding hydrogens is 546 g/mol. The van der Waals surface area contributed by atoms with Gasteiger partial charge in [0, 0.05) is 30.4 Å². The van der Waals surface area contributed by atoms with E-state index in [1.807, 2.05) is 11.9 Å². The first-order valence-electron chi connectivity index (χ1n) is 13.0. The van der Waals surface area contributed by atoms with Crippen LogP contribution in [-0.2, 0) is 12.6 Å². The highest BCUT2D eigenvalue weighted by molar-refractivity contribution is 5.95. The number of hydrogen-bond donors (Lipinski definition) is 3. The summed E-state index contributed by atoms with van der Waals surface area (Å²) in [6.45, 7) is 0.882. The van der Waals surface area contributed by atoms with Crippen molar-refractivity contribution in [2.45, 2.75) is 43.8 Å². The van der Waals surface area contributed by atoms with Gasteiger partial charge >= 0.3 is 6.18 Å². The molecule has 1 aliphatic heterocycles. The summed E-state index contributed by atoms with van der Waals surface area (Å²) in [7, 11) is 3.18. The highest BCUT2D eigenvalue weighted by Crippen LogP contribution is 2.42. The smallest absolute Gasteiger partial charge is 0.423 e. The molecule has 9 nitrogen and oxygen atoms in total.